The molecule has 0 bridgehead atoms. The normalized spacial score (nSPS) is 12.1. The monoisotopic (exact) mass is 250 g/mol. The Balaban J connectivity index is 2.20. The van der Waals surface area contributed by atoms with Gasteiger partial charge in [0.1, 0.15) is 0 Å². The van der Waals surface area contributed by atoms with Gasteiger partial charge in [-0.1, -0.05) is 30.3 Å². The number of nitrogens with two attached hydrogens (primary N) is 1. The smallest absolute Gasteiger partial charge is 0.227 e. The van der Waals surface area contributed by atoms with Crippen LogP contribution in [-0.4, -0.2) is 32.2 Å². The highest BCUT2D eigenvalue weighted by Gasteiger charge is 2.13. The molecule has 4 nitrogen and oxygen atoms in total. The third-order valence-corrected chi connectivity index (χ3v) is 2.72. The van der Waals surface area contributed by atoms with E-state index in [4.69, 9.17) is 10.5 Å². The minimum atomic E-state index is -0.115. The van der Waals surface area contributed by atoms with E-state index in [2.05, 4.69) is 5.32 Å². The summed E-state index contributed by atoms with van der Waals surface area (Å²) in [6.45, 7) is 4.30. The van der Waals surface area contributed by atoms with Crippen LogP contribution < -0.4 is 11.1 Å². The maximum Gasteiger partial charge on any atom is 0.227 e. The van der Waals surface area contributed by atoms with Crippen LogP contribution in [0.5, 0.6) is 0 Å². The van der Waals surface area contributed by atoms with E-state index >= 15 is 0 Å². The summed E-state index contributed by atoms with van der Waals surface area (Å²) in [5.74, 6) is -0.0591. The maximum atomic E-state index is 11.9. The Hall–Kier alpha value is -1.39. The first-order chi connectivity index (χ1) is 8.75. The van der Waals surface area contributed by atoms with Gasteiger partial charge in [0, 0.05) is 19.7 Å². The molecule has 0 aliphatic rings. The van der Waals surface area contributed by atoms with Crippen LogP contribution in [0.1, 0.15) is 24.8 Å². The van der Waals surface area contributed by atoms with Gasteiger partial charge in [-0.25, -0.2) is 0 Å². The van der Waals surface area contributed by atoms with Gasteiger partial charge in [-0.2, -0.15) is 0 Å². The second kappa shape index (κ2) is 8.66. The standard InChI is InChI=1S/C14H22N2O2/c1-12(13-6-3-2-4-7-13)14(17)16-9-5-10-18-11-8-15/h2-4,6-7,12H,5,8-11,15H2,1H3,(H,16,17). The molecule has 0 aromatic heterocycles. The van der Waals surface area contributed by atoms with Crippen LogP contribution in [0.25, 0.3) is 0 Å². The molecule has 0 radical (unpaired) electrons. The lowest BCUT2D eigenvalue weighted by Gasteiger charge is -2.12. The Morgan fingerprint density at radius 1 is 1.33 bits per heavy atom. The summed E-state index contributed by atoms with van der Waals surface area (Å²) in [5.41, 5.74) is 6.34. The topological polar surface area (TPSA) is 64.3 Å². The van der Waals surface area contributed by atoms with Gasteiger partial charge in [-0.05, 0) is 18.9 Å². The first-order valence-corrected chi connectivity index (χ1v) is 6.36. The van der Waals surface area contributed by atoms with Crippen molar-refractivity contribution in [2.24, 2.45) is 5.73 Å². The van der Waals surface area contributed by atoms with Crippen LogP contribution in [0.15, 0.2) is 30.3 Å². The Bertz CT molecular complexity index is 341. The second-order valence-electron chi connectivity index (χ2n) is 4.18. The number of hydrogen-bond acceptors (Lipinski definition) is 3. The second-order valence-corrected chi connectivity index (χ2v) is 4.18. The number of rotatable bonds is 8. The molecule has 100 valence electrons. The van der Waals surface area contributed by atoms with E-state index in [1.807, 2.05) is 37.3 Å². The van der Waals surface area contributed by atoms with Gasteiger partial charge in [0.2, 0.25) is 5.91 Å². The van der Waals surface area contributed by atoms with Gasteiger partial charge in [-0.15, -0.1) is 0 Å². The molecule has 3 N–H and O–H groups in total. The van der Waals surface area contributed by atoms with Gasteiger partial charge in [0.15, 0.2) is 0 Å². The first-order valence-electron chi connectivity index (χ1n) is 6.36. The zero-order valence-corrected chi connectivity index (χ0v) is 10.9. The van der Waals surface area contributed by atoms with Crippen molar-refractivity contribution in [3.8, 4) is 0 Å². The number of hydrogen-bond donors (Lipinski definition) is 2. The molecule has 0 saturated heterocycles. The molecule has 1 aromatic rings. The van der Waals surface area contributed by atoms with Crippen molar-refractivity contribution in [3.05, 3.63) is 35.9 Å². The number of carbonyl (C=O) groups excluding carboxylic acids is 1. The molecule has 18 heavy (non-hydrogen) atoms. The Kier molecular flexibility index (Phi) is 7.06. The fourth-order valence-corrected chi connectivity index (χ4v) is 1.62. The lowest BCUT2D eigenvalue weighted by Crippen LogP contribution is -2.29. The third kappa shape index (κ3) is 5.29. The predicted molar refractivity (Wildman–Crippen MR) is 72.4 cm³/mol. The summed E-state index contributed by atoms with van der Waals surface area (Å²) < 4.78 is 5.23. The summed E-state index contributed by atoms with van der Waals surface area (Å²) in [6, 6.07) is 9.77. The van der Waals surface area contributed by atoms with E-state index in [1.165, 1.54) is 0 Å². The minimum Gasteiger partial charge on any atom is -0.380 e. The molecule has 4 heteroatoms. The molecule has 0 aliphatic carbocycles. The molecule has 0 fully saturated rings. The highest BCUT2D eigenvalue weighted by atomic mass is 16.5. The molecule has 1 atom stereocenters. The van der Waals surface area contributed by atoms with Crippen molar-refractivity contribution in [1.29, 1.82) is 0 Å². The maximum absolute atomic E-state index is 11.9. The Labute approximate surface area is 109 Å². The van der Waals surface area contributed by atoms with E-state index in [1.54, 1.807) is 0 Å². The van der Waals surface area contributed by atoms with Crippen molar-refractivity contribution in [2.45, 2.75) is 19.3 Å². The summed E-state index contributed by atoms with van der Waals surface area (Å²) in [4.78, 5) is 11.9. The molecule has 0 saturated carbocycles. The molecule has 1 amide bonds. The number of benzene rings is 1. The van der Waals surface area contributed by atoms with E-state index in [0.717, 1.165) is 12.0 Å². The molecule has 1 unspecified atom stereocenters. The van der Waals surface area contributed by atoms with Crippen molar-refractivity contribution in [2.75, 3.05) is 26.3 Å². The number of ether oxygens (including phenoxy) is 1. The highest BCUT2D eigenvalue weighted by Crippen LogP contribution is 2.14. The van der Waals surface area contributed by atoms with Crippen molar-refractivity contribution >= 4 is 5.91 Å². The number of carbonyl (C=O) groups is 1. The molecule has 0 aliphatic heterocycles. The van der Waals surface area contributed by atoms with Crippen LogP contribution in [-0.2, 0) is 9.53 Å². The Morgan fingerprint density at radius 3 is 2.72 bits per heavy atom. The van der Waals surface area contributed by atoms with Gasteiger partial charge in [0.25, 0.3) is 0 Å². The quantitative estimate of drug-likeness (QED) is 0.683. The minimum absolute atomic E-state index is 0.0556. The van der Waals surface area contributed by atoms with E-state index in [9.17, 15) is 4.79 Å². The van der Waals surface area contributed by atoms with Crippen molar-refractivity contribution in [1.82, 2.24) is 5.32 Å². The van der Waals surface area contributed by atoms with Crippen LogP contribution in [0.2, 0.25) is 0 Å². The lowest BCUT2D eigenvalue weighted by molar-refractivity contribution is -0.122. The fraction of sp³-hybridized carbons (Fsp3) is 0.500. The average Bonchev–Trinajstić information content (AvgIpc) is 2.42. The predicted octanol–water partition coefficient (Wildman–Crippen LogP) is 1.27. The summed E-state index contributed by atoms with van der Waals surface area (Å²) in [7, 11) is 0. The van der Waals surface area contributed by atoms with Crippen LogP contribution in [0.4, 0.5) is 0 Å². The van der Waals surface area contributed by atoms with E-state index in [-0.39, 0.29) is 11.8 Å². The largest absolute Gasteiger partial charge is 0.380 e. The van der Waals surface area contributed by atoms with E-state index in [0.29, 0.717) is 26.3 Å². The summed E-state index contributed by atoms with van der Waals surface area (Å²) >= 11 is 0. The SMILES string of the molecule is CC(C(=O)NCCCOCCN)c1ccccc1. The number of nitrogens with one attached hydrogen (secondary N) is 1. The summed E-state index contributed by atoms with van der Waals surface area (Å²) in [5, 5.41) is 2.91. The van der Waals surface area contributed by atoms with Crippen molar-refractivity contribution in [3.63, 3.8) is 0 Å². The van der Waals surface area contributed by atoms with Gasteiger partial charge in [-0.3, -0.25) is 4.79 Å². The average molecular weight is 250 g/mol. The highest BCUT2D eigenvalue weighted by molar-refractivity contribution is 5.83. The number of amides is 1. The molecule has 0 heterocycles. The first kappa shape index (κ1) is 14.7. The van der Waals surface area contributed by atoms with E-state index < -0.39 is 0 Å². The third-order valence-electron chi connectivity index (χ3n) is 2.72. The molecule has 0 spiro atoms. The Morgan fingerprint density at radius 2 is 2.06 bits per heavy atom. The van der Waals surface area contributed by atoms with Gasteiger partial charge in [0.05, 0.1) is 12.5 Å². The van der Waals surface area contributed by atoms with Gasteiger partial charge >= 0.3 is 0 Å². The zero-order chi connectivity index (χ0) is 13.2. The van der Waals surface area contributed by atoms with Crippen LogP contribution in [0, 0.1) is 0 Å². The molecular weight excluding hydrogens is 228 g/mol. The van der Waals surface area contributed by atoms with Gasteiger partial charge < -0.3 is 15.8 Å². The fourth-order valence-electron chi connectivity index (χ4n) is 1.62. The zero-order valence-electron chi connectivity index (χ0n) is 10.9. The van der Waals surface area contributed by atoms with Crippen molar-refractivity contribution < 1.29 is 9.53 Å². The molecule has 1 aromatic carbocycles. The summed E-state index contributed by atoms with van der Waals surface area (Å²) in [6.07, 6.45) is 0.813. The molecule has 1 rings (SSSR count). The molecular formula is C14H22N2O2. The van der Waals surface area contributed by atoms with Crippen LogP contribution in [0.3, 0.4) is 0 Å². The lowest BCUT2D eigenvalue weighted by atomic mass is 10.0. The van der Waals surface area contributed by atoms with Crippen LogP contribution >= 0.6 is 0 Å².